The Hall–Kier alpha value is -3.41. The van der Waals surface area contributed by atoms with E-state index in [4.69, 9.17) is 0 Å². The van der Waals surface area contributed by atoms with E-state index in [1.54, 1.807) is 12.3 Å². The molecule has 0 radical (unpaired) electrons. The highest BCUT2D eigenvalue weighted by Gasteiger charge is 2.16. The molecule has 0 fully saturated rings. The van der Waals surface area contributed by atoms with Gasteiger partial charge in [0.2, 0.25) is 5.95 Å². The number of para-hydroxylation sites is 1. The van der Waals surface area contributed by atoms with Gasteiger partial charge in [-0.05, 0) is 49.1 Å². The summed E-state index contributed by atoms with van der Waals surface area (Å²) in [5.41, 5.74) is 2.87. The number of nitrogens with zero attached hydrogens (tertiary/aromatic N) is 3. The fourth-order valence-corrected chi connectivity index (χ4v) is 3.11. The second kappa shape index (κ2) is 6.48. The predicted octanol–water partition coefficient (Wildman–Crippen LogP) is 3.90. The van der Waals surface area contributed by atoms with Gasteiger partial charge in [-0.1, -0.05) is 30.4 Å². The zero-order valence-electron chi connectivity index (χ0n) is 14.3. The molecular weight excluding hydrogens is 328 g/mol. The van der Waals surface area contributed by atoms with Crippen molar-refractivity contribution >= 4 is 28.2 Å². The molecule has 0 bridgehead atoms. The minimum absolute atomic E-state index is 0.172. The Morgan fingerprint density at radius 3 is 2.69 bits per heavy atom. The van der Waals surface area contributed by atoms with Gasteiger partial charge in [-0.25, -0.2) is 4.98 Å². The number of anilines is 2. The Balaban J connectivity index is 1.80. The predicted molar refractivity (Wildman–Crippen MR) is 102 cm³/mol. The third-order valence-corrected chi connectivity index (χ3v) is 4.43. The summed E-state index contributed by atoms with van der Waals surface area (Å²) in [5, 5.41) is 14.0. The summed E-state index contributed by atoms with van der Waals surface area (Å²) >= 11 is 0. The van der Waals surface area contributed by atoms with Crippen molar-refractivity contribution in [3.63, 3.8) is 0 Å². The molecule has 6 heteroatoms. The molecule has 4 rings (SSSR count). The maximum Gasteiger partial charge on any atom is 0.292 e. The maximum atomic E-state index is 12.7. The third kappa shape index (κ3) is 2.86. The number of fused-ring (bicyclic) bond motifs is 1. The van der Waals surface area contributed by atoms with Gasteiger partial charge in [-0.15, -0.1) is 4.73 Å². The average Bonchev–Trinajstić information content (AvgIpc) is 2.66. The summed E-state index contributed by atoms with van der Waals surface area (Å²) in [5.74, 6) is 0.312. The van der Waals surface area contributed by atoms with Crippen LogP contribution in [0.15, 0.2) is 65.1 Å². The summed E-state index contributed by atoms with van der Waals surface area (Å²) in [4.78, 5) is 21.2. The quantitative estimate of drug-likeness (QED) is 0.703. The zero-order valence-corrected chi connectivity index (χ0v) is 14.3. The van der Waals surface area contributed by atoms with Gasteiger partial charge in [0.25, 0.3) is 5.56 Å². The summed E-state index contributed by atoms with van der Waals surface area (Å²) in [6.07, 6.45) is 7.58. The lowest BCUT2D eigenvalue weighted by Crippen LogP contribution is -2.23. The van der Waals surface area contributed by atoms with Crippen LogP contribution in [0.2, 0.25) is 0 Å². The Morgan fingerprint density at radius 2 is 1.92 bits per heavy atom. The van der Waals surface area contributed by atoms with Crippen molar-refractivity contribution in [3.8, 4) is 0 Å². The van der Waals surface area contributed by atoms with E-state index < -0.39 is 5.56 Å². The number of benzene rings is 1. The number of hydrogen-bond donors (Lipinski definition) is 2. The van der Waals surface area contributed by atoms with Gasteiger partial charge < -0.3 is 10.5 Å². The van der Waals surface area contributed by atoms with Gasteiger partial charge in [-0.2, -0.15) is 4.98 Å². The minimum Gasteiger partial charge on any atom is -0.423 e. The molecule has 0 amide bonds. The standard InChI is InChI=1S/C20H18N4O2/c1-13-7-5-6-10-16(13)17-11-14-12-21-20(22-15-8-3-2-4-9-15)23-18(14)24(26)19(17)25/h2-4,7-12,26H,5-6H2,1H3,(H,21,22,23). The van der Waals surface area contributed by atoms with Crippen LogP contribution in [0.5, 0.6) is 0 Å². The van der Waals surface area contributed by atoms with Crippen LogP contribution in [-0.4, -0.2) is 19.9 Å². The van der Waals surface area contributed by atoms with Gasteiger partial charge >= 0.3 is 0 Å². The first-order valence-corrected chi connectivity index (χ1v) is 8.45. The summed E-state index contributed by atoms with van der Waals surface area (Å²) in [6, 6.07) is 11.2. The van der Waals surface area contributed by atoms with E-state index in [2.05, 4.69) is 21.4 Å². The molecule has 26 heavy (non-hydrogen) atoms. The van der Waals surface area contributed by atoms with E-state index in [1.807, 2.05) is 43.3 Å². The molecule has 3 aromatic rings. The lowest BCUT2D eigenvalue weighted by atomic mass is 9.93. The van der Waals surface area contributed by atoms with E-state index in [0.717, 1.165) is 29.7 Å². The molecule has 6 nitrogen and oxygen atoms in total. The second-order valence-corrected chi connectivity index (χ2v) is 6.22. The Kier molecular flexibility index (Phi) is 4.01. The molecule has 130 valence electrons. The minimum atomic E-state index is -0.484. The van der Waals surface area contributed by atoms with Crippen molar-refractivity contribution in [2.24, 2.45) is 0 Å². The molecule has 0 spiro atoms. The lowest BCUT2D eigenvalue weighted by Gasteiger charge is -2.14. The first kappa shape index (κ1) is 16.1. The van der Waals surface area contributed by atoms with Crippen molar-refractivity contribution in [1.82, 2.24) is 14.7 Å². The molecule has 1 aromatic carbocycles. The van der Waals surface area contributed by atoms with Crippen molar-refractivity contribution in [2.75, 3.05) is 5.32 Å². The van der Waals surface area contributed by atoms with Crippen LogP contribution < -0.4 is 10.9 Å². The second-order valence-electron chi connectivity index (χ2n) is 6.22. The van der Waals surface area contributed by atoms with Crippen molar-refractivity contribution in [3.05, 3.63) is 76.2 Å². The van der Waals surface area contributed by atoms with Crippen LogP contribution in [0.3, 0.4) is 0 Å². The highest BCUT2D eigenvalue weighted by atomic mass is 16.5. The van der Waals surface area contributed by atoms with Crippen molar-refractivity contribution in [2.45, 2.75) is 19.8 Å². The molecule has 0 unspecified atom stereocenters. The van der Waals surface area contributed by atoms with Crippen LogP contribution in [-0.2, 0) is 0 Å². The Morgan fingerprint density at radius 1 is 1.15 bits per heavy atom. The molecule has 0 saturated heterocycles. The Labute approximate surface area is 150 Å². The number of hydrogen-bond acceptors (Lipinski definition) is 5. The van der Waals surface area contributed by atoms with Crippen LogP contribution in [0.4, 0.5) is 11.6 Å². The van der Waals surface area contributed by atoms with Crippen LogP contribution >= 0.6 is 0 Å². The molecule has 1 aliphatic carbocycles. The van der Waals surface area contributed by atoms with Crippen molar-refractivity contribution < 1.29 is 5.21 Å². The van der Waals surface area contributed by atoms with Gasteiger partial charge in [0, 0.05) is 17.3 Å². The fourth-order valence-electron chi connectivity index (χ4n) is 3.11. The van der Waals surface area contributed by atoms with Crippen molar-refractivity contribution in [1.29, 1.82) is 0 Å². The van der Waals surface area contributed by atoms with Gasteiger partial charge in [0.05, 0.1) is 5.56 Å². The monoisotopic (exact) mass is 346 g/mol. The molecule has 0 aliphatic heterocycles. The van der Waals surface area contributed by atoms with E-state index in [1.165, 1.54) is 0 Å². The first-order valence-electron chi connectivity index (χ1n) is 8.45. The Bertz CT molecular complexity index is 1100. The number of pyridine rings is 1. The number of allylic oxidation sites excluding steroid dienone is 4. The molecule has 0 atom stereocenters. The largest absolute Gasteiger partial charge is 0.423 e. The number of aromatic nitrogens is 3. The number of nitrogens with one attached hydrogen (secondary N) is 1. The SMILES string of the molecule is CC1=CCCC=C1c1cc2cnc(Nc3ccccc3)nc2n(O)c1=O. The van der Waals surface area contributed by atoms with Crippen LogP contribution in [0.25, 0.3) is 16.6 Å². The van der Waals surface area contributed by atoms with Gasteiger partial charge in [0.15, 0.2) is 5.65 Å². The fraction of sp³-hybridized carbons (Fsp3) is 0.150. The van der Waals surface area contributed by atoms with E-state index in [0.29, 0.717) is 21.6 Å². The summed E-state index contributed by atoms with van der Waals surface area (Å²) < 4.78 is 0.602. The molecular formula is C20H18N4O2. The zero-order chi connectivity index (χ0) is 18.1. The average molecular weight is 346 g/mol. The highest BCUT2D eigenvalue weighted by molar-refractivity contribution is 5.85. The molecule has 0 saturated carbocycles. The van der Waals surface area contributed by atoms with Crippen LogP contribution in [0, 0.1) is 0 Å². The van der Waals surface area contributed by atoms with E-state index in [9.17, 15) is 10.0 Å². The molecule has 1 aliphatic rings. The smallest absolute Gasteiger partial charge is 0.292 e. The first-order chi connectivity index (χ1) is 12.6. The van der Waals surface area contributed by atoms with E-state index in [-0.39, 0.29) is 5.65 Å². The topological polar surface area (TPSA) is 80.0 Å². The summed E-state index contributed by atoms with van der Waals surface area (Å²) in [7, 11) is 0. The molecule has 2 heterocycles. The van der Waals surface area contributed by atoms with Gasteiger partial charge in [-0.3, -0.25) is 4.79 Å². The molecule has 2 aromatic heterocycles. The number of rotatable bonds is 3. The molecule has 2 N–H and O–H groups in total. The normalized spacial score (nSPS) is 14.0. The summed E-state index contributed by atoms with van der Waals surface area (Å²) in [6.45, 7) is 1.97. The lowest BCUT2D eigenvalue weighted by molar-refractivity contribution is 0.186. The van der Waals surface area contributed by atoms with Crippen LogP contribution in [0.1, 0.15) is 25.3 Å². The maximum absolute atomic E-state index is 12.7. The van der Waals surface area contributed by atoms with E-state index >= 15 is 0 Å². The van der Waals surface area contributed by atoms with Gasteiger partial charge in [0.1, 0.15) is 0 Å². The third-order valence-electron chi connectivity index (χ3n) is 4.43. The highest BCUT2D eigenvalue weighted by Crippen LogP contribution is 2.27.